The molecule has 0 aliphatic carbocycles. The molecule has 0 unspecified atom stereocenters. The van der Waals surface area contributed by atoms with Crippen LogP contribution in [0.4, 0.5) is 0 Å². The zero-order valence-electron chi connectivity index (χ0n) is 14.8. The van der Waals surface area contributed by atoms with E-state index in [4.69, 9.17) is 30.5 Å². The molecule has 0 aromatic carbocycles. The Morgan fingerprint density at radius 2 is 2.12 bits per heavy atom. The van der Waals surface area contributed by atoms with Crippen LogP contribution in [0.25, 0.3) is 11.2 Å². The van der Waals surface area contributed by atoms with Gasteiger partial charge in [0.25, 0.3) is 0 Å². The van der Waals surface area contributed by atoms with Gasteiger partial charge in [-0.1, -0.05) is 11.6 Å². The van der Waals surface area contributed by atoms with Crippen molar-refractivity contribution >= 4 is 28.7 Å². The fourth-order valence-corrected chi connectivity index (χ4v) is 3.85. The standard InChI is InChI=1S/C16H19ClN4O5/c1-5-23-13(22)9-10-16(4,26-15(2,3)25-10)14(24-9)21-7-20-8-11(17)18-6-19-12(8)21/h6-7,9-10,14H,5H2,1-4H3/t9-,10+,14+,16+/m0/s1. The van der Waals surface area contributed by atoms with Crippen molar-refractivity contribution in [3.8, 4) is 0 Å². The van der Waals surface area contributed by atoms with Crippen molar-refractivity contribution < 1.29 is 23.7 Å². The number of fused-ring (bicyclic) bond motifs is 2. The molecule has 10 heteroatoms. The zero-order chi connectivity index (χ0) is 18.7. The van der Waals surface area contributed by atoms with Gasteiger partial charge in [0.1, 0.15) is 23.5 Å². The predicted octanol–water partition coefficient (Wildman–Crippen LogP) is 1.85. The molecule has 0 radical (unpaired) electrons. The summed E-state index contributed by atoms with van der Waals surface area (Å²) in [6.45, 7) is 7.41. The number of aromatic nitrogens is 4. The minimum Gasteiger partial charge on any atom is -0.464 e. The van der Waals surface area contributed by atoms with Gasteiger partial charge in [0, 0.05) is 0 Å². The molecule has 0 saturated carbocycles. The van der Waals surface area contributed by atoms with E-state index in [0.717, 1.165) is 0 Å². The minimum atomic E-state index is -0.952. The molecule has 4 heterocycles. The molecule has 2 aromatic rings. The molecule has 0 bridgehead atoms. The van der Waals surface area contributed by atoms with Crippen molar-refractivity contribution in [2.75, 3.05) is 6.61 Å². The van der Waals surface area contributed by atoms with E-state index in [9.17, 15) is 4.79 Å². The van der Waals surface area contributed by atoms with Gasteiger partial charge in [-0.15, -0.1) is 0 Å². The van der Waals surface area contributed by atoms with Crippen LogP contribution in [0.2, 0.25) is 5.15 Å². The van der Waals surface area contributed by atoms with Gasteiger partial charge in [0.15, 0.2) is 28.9 Å². The molecule has 140 valence electrons. The molecule has 9 nitrogen and oxygen atoms in total. The lowest BCUT2D eigenvalue weighted by Crippen LogP contribution is -2.43. The molecule has 2 saturated heterocycles. The van der Waals surface area contributed by atoms with Crippen molar-refractivity contribution in [1.29, 1.82) is 0 Å². The van der Waals surface area contributed by atoms with E-state index in [-0.39, 0.29) is 11.8 Å². The monoisotopic (exact) mass is 382 g/mol. The Morgan fingerprint density at radius 3 is 2.85 bits per heavy atom. The lowest BCUT2D eigenvalue weighted by atomic mass is 9.96. The minimum absolute atomic E-state index is 0.235. The van der Waals surface area contributed by atoms with Crippen LogP contribution in [0.15, 0.2) is 12.7 Å². The van der Waals surface area contributed by atoms with Gasteiger partial charge in [-0.2, -0.15) is 0 Å². The van der Waals surface area contributed by atoms with E-state index in [1.807, 2.05) is 6.92 Å². The second-order valence-electron chi connectivity index (χ2n) is 6.87. The molecular formula is C16H19ClN4O5. The SMILES string of the molecule is CCOC(=O)[C@H]1O[C@@H](n2cnc3c(Cl)ncnc32)[C@]2(C)OC(C)(C)O[C@H]12. The summed E-state index contributed by atoms with van der Waals surface area (Å²) >= 11 is 6.09. The molecule has 2 aliphatic rings. The fourth-order valence-electron chi connectivity index (χ4n) is 3.67. The van der Waals surface area contributed by atoms with Crippen molar-refractivity contribution in [2.45, 2.75) is 57.5 Å². The van der Waals surface area contributed by atoms with Crippen LogP contribution in [-0.4, -0.2) is 55.7 Å². The van der Waals surface area contributed by atoms with Crippen molar-refractivity contribution in [1.82, 2.24) is 19.5 Å². The van der Waals surface area contributed by atoms with Gasteiger partial charge in [0.05, 0.1) is 12.9 Å². The first-order valence-corrected chi connectivity index (χ1v) is 8.68. The summed E-state index contributed by atoms with van der Waals surface area (Å²) in [7, 11) is 0. The summed E-state index contributed by atoms with van der Waals surface area (Å²) in [5.41, 5.74) is -0.0325. The summed E-state index contributed by atoms with van der Waals surface area (Å²) in [5.74, 6) is -1.38. The summed E-state index contributed by atoms with van der Waals surface area (Å²) in [6.07, 6.45) is 0.606. The van der Waals surface area contributed by atoms with E-state index in [2.05, 4.69) is 15.0 Å². The second-order valence-corrected chi connectivity index (χ2v) is 7.23. The molecule has 4 atom stereocenters. The Kier molecular flexibility index (Phi) is 3.96. The number of hydrogen-bond acceptors (Lipinski definition) is 8. The Bertz CT molecular complexity index is 871. The Labute approximate surface area is 154 Å². The van der Waals surface area contributed by atoms with Gasteiger partial charge in [0.2, 0.25) is 0 Å². The van der Waals surface area contributed by atoms with E-state index in [1.165, 1.54) is 6.33 Å². The topological polar surface area (TPSA) is 97.6 Å². The number of carbonyl (C=O) groups excluding carboxylic acids is 1. The molecular weight excluding hydrogens is 364 g/mol. The number of hydrogen-bond donors (Lipinski definition) is 0. The van der Waals surface area contributed by atoms with Crippen molar-refractivity contribution in [3.05, 3.63) is 17.8 Å². The van der Waals surface area contributed by atoms with Crippen molar-refractivity contribution in [3.63, 3.8) is 0 Å². The lowest BCUT2D eigenvalue weighted by Gasteiger charge is -2.30. The van der Waals surface area contributed by atoms with Gasteiger partial charge in [-0.3, -0.25) is 4.57 Å². The Morgan fingerprint density at radius 1 is 1.35 bits per heavy atom. The molecule has 0 amide bonds. The third kappa shape index (κ3) is 2.50. The van der Waals surface area contributed by atoms with Crippen LogP contribution in [0, 0.1) is 0 Å². The normalized spacial score (nSPS) is 32.7. The third-order valence-electron chi connectivity index (χ3n) is 4.57. The number of halogens is 1. The first-order valence-electron chi connectivity index (χ1n) is 8.30. The summed E-state index contributed by atoms with van der Waals surface area (Å²) in [6, 6.07) is 0. The highest BCUT2D eigenvalue weighted by Gasteiger charge is 2.66. The zero-order valence-corrected chi connectivity index (χ0v) is 15.6. The van der Waals surface area contributed by atoms with Crippen LogP contribution < -0.4 is 0 Å². The maximum atomic E-state index is 12.4. The average Bonchev–Trinajstić information content (AvgIpc) is 3.15. The Hall–Kier alpha value is -1.81. The molecule has 0 spiro atoms. The van der Waals surface area contributed by atoms with Gasteiger partial charge in [-0.05, 0) is 27.7 Å². The molecule has 0 N–H and O–H groups in total. The quantitative estimate of drug-likeness (QED) is 0.586. The number of carbonyl (C=O) groups is 1. The molecule has 2 aromatic heterocycles. The predicted molar refractivity (Wildman–Crippen MR) is 89.3 cm³/mol. The summed E-state index contributed by atoms with van der Waals surface area (Å²) in [5, 5.41) is 0.235. The van der Waals surface area contributed by atoms with E-state index < -0.39 is 35.8 Å². The van der Waals surface area contributed by atoms with Crippen molar-refractivity contribution in [2.24, 2.45) is 0 Å². The number of ether oxygens (including phenoxy) is 4. The van der Waals surface area contributed by atoms with Crippen LogP contribution in [0.1, 0.15) is 33.9 Å². The second kappa shape index (κ2) is 5.85. The third-order valence-corrected chi connectivity index (χ3v) is 4.84. The molecule has 4 rings (SSSR count). The first kappa shape index (κ1) is 17.6. The van der Waals surface area contributed by atoms with E-state index >= 15 is 0 Å². The van der Waals surface area contributed by atoms with Crippen LogP contribution in [0.5, 0.6) is 0 Å². The number of nitrogens with zero attached hydrogens (tertiary/aromatic N) is 4. The van der Waals surface area contributed by atoms with E-state index in [1.54, 1.807) is 31.7 Å². The molecule has 26 heavy (non-hydrogen) atoms. The highest BCUT2D eigenvalue weighted by Crippen LogP contribution is 2.51. The van der Waals surface area contributed by atoms with Crippen LogP contribution in [-0.2, 0) is 23.7 Å². The smallest absolute Gasteiger partial charge is 0.338 e. The maximum absolute atomic E-state index is 12.4. The largest absolute Gasteiger partial charge is 0.464 e. The highest BCUT2D eigenvalue weighted by molar-refractivity contribution is 6.33. The van der Waals surface area contributed by atoms with Gasteiger partial charge < -0.3 is 18.9 Å². The van der Waals surface area contributed by atoms with Gasteiger partial charge >= 0.3 is 5.97 Å². The Balaban J connectivity index is 1.80. The maximum Gasteiger partial charge on any atom is 0.338 e. The van der Waals surface area contributed by atoms with Crippen LogP contribution in [0.3, 0.4) is 0 Å². The van der Waals surface area contributed by atoms with E-state index in [0.29, 0.717) is 11.2 Å². The number of imidazole rings is 1. The average molecular weight is 383 g/mol. The lowest BCUT2D eigenvalue weighted by molar-refractivity contribution is -0.218. The van der Waals surface area contributed by atoms with Gasteiger partial charge in [-0.25, -0.2) is 19.7 Å². The molecule has 2 fully saturated rings. The fraction of sp³-hybridized carbons (Fsp3) is 0.625. The number of esters is 1. The summed E-state index contributed by atoms with van der Waals surface area (Å²) in [4.78, 5) is 24.9. The highest BCUT2D eigenvalue weighted by atomic mass is 35.5. The van der Waals surface area contributed by atoms with Crippen LogP contribution >= 0.6 is 11.6 Å². The molecule has 2 aliphatic heterocycles. The summed E-state index contributed by atoms with van der Waals surface area (Å²) < 4.78 is 25.0. The number of rotatable bonds is 3. The first-order chi connectivity index (χ1) is 12.3.